The molecule has 0 atom stereocenters. The Morgan fingerprint density at radius 2 is 1.69 bits per heavy atom. The Morgan fingerprint density at radius 3 is 2.38 bits per heavy atom. The second-order valence-electron chi connectivity index (χ2n) is 7.51. The van der Waals surface area contributed by atoms with E-state index in [0.29, 0.717) is 23.3 Å². The van der Waals surface area contributed by atoms with E-state index in [9.17, 15) is 16.8 Å². The standard InChI is InChI=1S/C21H26N2O4S2/c1-15(2)23(4)29(26,27)20-11-9-16(3)21(14-20)22-28(24,25)19-12-10-17-7-5-6-8-18(17)13-19/h5-9,11,13-15,22H,10,12H2,1-4H3. The second-order valence-corrected chi connectivity index (χ2v) is 11.2. The smallest absolute Gasteiger partial charge is 0.258 e. The Kier molecular flexibility index (Phi) is 5.89. The molecule has 29 heavy (non-hydrogen) atoms. The maximum absolute atomic E-state index is 13.0. The van der Waals surface area contributed by atoms with E-state index in [2.05, 4.69) is 4.72 Å². The van der Waals surface area contributed by atoms with Crippen LogP contribution in [0.5, 0.6) is 0 Å². The molecule has 2 aromatic rings. The van der Waals surface area contributed by atoms with Gasteiger partial charge in [-0.25, -0.2) is 16.8 Å². The van der Waals surface area contributed by atoms with Gasteiger partial charge < -0.3 is 0 Å². The number of nitrogens with zero attached hydrogens (tertiary/aromatic N) is 1. The lowest BCUT2D eigenvalue weighted by Crippen LogP contribution is -2.33. The Bertz CT molecular complexity index is 1170. The quantitative estimate of drug-likeness (QED) is 0.750. The van der Waals surface area contributed by atoms with Crippen molar-refractivity contribution in [3.05, 3.63) is 64.1 Å². The summed E-state index contributed by atoms with van der Waals surface area (Å²) in [4.78, 5) is 0.350. The van der Waals surface area contributed by atoms with Gasteiger partial charge in [0, 0.05) is 13.1 Å². The lowest BCUT2D eigenvalue weighted by atomic mass is 9.98. The van der Waals surface area contributed by atoms with Gasteiger partial charge in [-0.3, -0.25) is 4.72 Å². The molecule has 0 radical (unpaired) electrons. The summed E-state index contributed by atoms with van der Waals surface area (Å²) in [6.07, 6.45) is 2.73. The summed E-state index contributed by atoms with van der Waals surface area (Å²) in [6, 6.07) is 12.0. The molecule has 0 amide bonds. The number of sulfonamides is 2. The number of allylic oxidation sites excluding steroid dienone is 1. The van der Waals surface area contributed by atoms with E-state index in [-0.39, 0.29) is 16.6 Å². The highest BCUT2D eigenvalue weighted by molar-refractivity contribution is 7.96. The molecule has 1 N–H and O–H groups in total. The van der Waals surface area contributed by atoms with Crippen LogP contribution in [0.1, 0.15) is 37.0 Å². The van der Waals surface area contributed by atoms with E-state index in [1.165, 1.54) is 23.5 Å². The first-order valence-electron chi connectivity index (χ1n) is 9.42. The molecule has 0 aliphatic heterocycles. The fourth-order valence-corrected chi connectivity index (χ4v) is 5.83. The van der Waals surface area contributed by atoms with Crippen LogP contribution < -0.4 is 4.72 Å². The summed E-state index contributed by atoms with van der Waals surface area (Å²) in [5, 5.41) is 0. The Labute approximate surface area is 173 Å². The van der Waals surface area contributed by atoms with Gasteiger partial charge in [0.25, 0.3) is 10.0 Å². The van der Waals surface area contributed by atoms with Crippen molar-refractivity contribution < 1.29 is 16.8 Å². The molecule has 6 nitrogen and oxygen atoms in total. The zero-order chi connectivity index (χ0) is 21.4. The Hall–Kier alpha value is -2.16. The van der Waals surface area contributed by atoms with Gasteiger partial charge in [0.1, 0.15) is 0 Å². The van der Waals surface area contributed by atoms with E-state index < -0.39 is 20.0 Å². The van der Waals surface area contributed by atoms with Gasteiger partial charge >= 0.3 is 0 Å². The normalized spacial score (nSPS) is 14.6. The molecule has 0 unspecified atom stereocenters. The van der Waals surface area contributed by atoms with Crippen LogP contribution in [0.3, 0.4) is 0 Å². The fourth-order valence-electron chi connectivity index (χ4n) is 3.14. The van der Waals surface area contributed by atoms with Crippen molar-refractivity contribution in [2.24, 2.45) is 0 Å². The Morgan fingerprint density at radius 1 is 1.00 bits per heavy atom. The maximum Gasteiger partial charge on any atom is 0.258 e. The maximum atomic E-state index is 13.0. The summed E-state index contributed by atoms with van der Waals surface area (Å²) < 4.78 is 55.4. The number of rotatable bonds is 6. The lowest BCUT2D eigenvalue weighted by molar-refractivity contribution is 0.410. The van der Waals surface area contributed by atoms with Crippen molar-refractivity contribution in [2.45, 2.75) is 44.6 Å². The average Bonchev–Trinajstić information content (AvgIpc) is 2.68. The van der Waals surface area contributed by atoms with Gasteiger partial charge in [0.15, 0.2) is 0 Å². The molecular formula is C21H26N2O4S2. The van der Waals surface area contributed by atoms with Crippen molar-refractivity contribution in [1.82, 2.24) is 4.31 Å². The third kappa shape index (κ3) is 4.39. The number of hydrogen-bond donors (Lipinski definition) is 1. The lowest BCUT2D eigenvalue weighted by Gasteiger charge is -2.22. The third-order valence-corrected chi connectivity index (χ3v) is 8.75. The molecule has 0 fully saturated rings. The largest absolute Gasteiger partial charge is 0.280 e. The molecular weight excluding hydrogens is 408 g/mol. The van der Waals surface area contributed by atoms with Gasteiger partial charge in [-0.15, -0.1) is 0 Å². The first-order valence-corrected chi connectivity index (χ1v) is 12.3. The van der Waals surface area contributed by atoms with Crippen LogP contribution in [-0.2, 0) is 26.5 Å². The summed E-state index contributed by atoms with van der Waals surface area (Å²) in [7, 11) is -6.00. The molecule has 0 saturated carbocycles. The van der Waals surface area contributed by atoms with Crippen LogP contribution in [0.25, 0.3) is 6.08 Å². The predicted molar refractivity (Wildman–Crippen MR) is 117 cm³/mol. The first-order chi connectivity index (χ1) is 13.5. The minimum absolute atomic E-state index is 0.0555. The number of anilines is 1. The number of nitrogens with one attached hydrogen (secondary N) is 1. The average molecular weight is 435 g/mol. The van der Waals surface area contributed by atoms with Crippen LogP contribution in [0, 0.1) is 6.92 Å². The Balaban J connectivity index is 1.95. The van der Waals surface area contributed by atoms with Crippen molar-refractivity contribution in [3.63, 3.8) is 0 Å². The monoisotopic (exact) mass is 434 g/mol. The van der Waals surface area contributed by atoms with Gasteiger partial charge in [-0.2, -0.15) is 4.31 Å². The number of fused-ring (bicyclic) bond motifs is 1. The molecule has 0 spiro atoms. The fraction of sp³-hybridized carbons (Fsp3) is 0.333. The van der Waals surface area contributed by atoms with Gasteiger partial charge in [-0.05, 0) is 68.5 Å². The van der Waals surface area contributed by atoms with E-state index >= 15 is 0 Å². The summed E-state index contributed by atoms with van der Waals surface area (Å²) >= 11 is 0. The van der Waals surface area contributed by atoms with E-state index in [4.69, 9.17) is 0 Å². The third-order valence-electron chi connectivity index (χ3n) is 5.22. The van der Waals surface area contributed by atoms with Crippen LogP contribution in [0.15, 0.2) is 52.3 Å². The van der Waals surface area contributed by atoms with Gasteiger partial charge in [0.2, 0.25) is 10.0 Å². The molecule has 3 rings (SSSR count). The molecule has 2 aromatic carbocycles. The second kappa shape index (κ2) is 7.93. The van der Waals surface area contributed by atoms with Crippen LogP contribution in [-0.4, -0.2) is 34.2 Å². The number of hydrogen-bond acceptors (Lipinski definition) is 4. The van der Waals surface area contributed by atoms with Crippen LogP contribution in [0.2, 0.25) is 0 Å². The van der Waals surface area contributed by atoms with Crippen LogP contribution in [0.4, 0.5) is 5.69 Å². The molecule has 0 bridgehead atoms. The van der Waals surface area contributed by atoms with Gasteiger partial charge in [-0.1, -0.05) is 30.3 Å². The summed E-state index contributed by atoms with van der Waals surface area (Å²) in [6.45, 7) is 5.30. The summed E-state index contributed by atoms with van der Waals surface area (Å²) in [5.41, 5.74) is 2.93. The number of benzene rings is 2. The van der Waals surface area contributed by atoms with Crippen molar-refractivity contribution in [3.8, 4) is 0 Å². The molecule has 1 aliphatic rings. The van der Waals surface area contributed by atoms with E-state index in [0.717, 1.165) is 11.1 Å². The van der Waals surface area contributed by atoms with Crippen molar-refractivity contribution >= 4 is 31.8 Å². The topological polar surface area (TPSA) is 83.6 Å². The summed E-state index contributed by atoms with van der Waals surface area (Å²) in [5.74, 6) is 0. The molecule has 8 heteroatoms. The SMILES string of the molecule is Cc1ccc(S(=O)(=O)N(C)C(C)C)cc1NS(=O)(=O)C1=Cc2ccccc2CC1. The minimum Gasteiger partial charge on any atom is -0.280 e. The minimum atomic E-state index is -3.80. The highest BCUT2D eigenvalue weighted by atomic mass is 32.2. The van der Waals surface area contributed by atoms with E-state index in [1.807, 2.05) is 24.3 Å². The zero-order valence-corrected chi connectivity index (χ0v) is 18.6. The number of aryl methyl sites for hydroxylation is 2. The highest BCUT2D eigenvalue weighted by Crippen LogP contribution is 2.30. The zero-order valence-electron chi connectivity index (χ0n) is 17.0. The van der Waals surface area contributed by atoms with Crippen molar-refractivity contribution in [1.29, 1.82) is 0 Å². The molecule has 0 aromatic heterocycles. The molecule has 0 heterocycles. The highest BCUT2D eigenvalue weighted by Gasteiger charge is 2.26. The predicted octanol–water partition coefficient (Wildman–Crippen LogP) is 3.75. The molecule has 0 saturated heterocycles. The van der Waals surface area contributed by atoms with Crippen LogP contribution >= 0.6 is 0 Å². The first kappa shape index (κ1) is 21.5. The van der Waals surface area contributed by atoms with Gasteiger partial charge in [0.05, 0.1) is 15.5 Å². The van der Waals surface area contributed by atoms with Crippen molar-refractivity contribution in [2.75, 3.05) is 11.8 Å². The molecule has 156 valence electrons. The van der Waals surface area contributed by atoms with E-state index in [1.54, 1.807) is 32.9 Å². The molecule has 1 aliphatic carbocycles.